The smallest absolute Gasteiger partial charge is 0.240 e. The molecule has 0 N–H and O–H groups in total. The summed E-state index contributed by atoms with van der Waals surface area (Å²) in [6.07, 6.45) is 3.59. The van der Waals surface area contributed by atoms with E-state index >= 15 is 0 Å². The van der Waals surface area contributed by atoms with E-state index in [1.165, 1.54) is 11.8 Å². The van der Waals surface area contributed by atoms with Crippen molar-refractivity contribution in [2.75, 3.05) is 11.4 Å². The lowest BCUT2D eigenvalue weighted by atomic mass is 10.2. The SMILES string of the molecule is C[C@H](Sc1ncccn1)C(=O)N(CCC#N)c1ccccc1. The van der Waals surface area contributed by atoms with Gasteiger partial charge in [0, 0.05) is 24.6 Å². The van der Waals surface area contributed by atoms with Crippen LogP contribution in [0.5, 0.6) is 0 Å². The molecule has 1 aromatic carbocycles. The Hall–Kier alpha value is -2.39. The molecule has 5 nitrogen and oxygen atoms in total. The van der Waals surface area contributed by atoms with Gasteiger partial charge in [0.05, 0.1) is 17.7 Å². The largest absolute Gasteiger partial charge is 0.310 e. The molecule has 1 aromatic heterocycles. The topological polar surface area (TPSA) is 69.9 Å². The lowest BCUT2D eigenvalue weighted by molar-refractivity contribution is -0.117. The predicted molar refractivity (Wildman–Crippen MR) is 86.4 cm³/mol. The van der Waals surface area contributed by atoms with Crippen molar-refractivity contribution in [3.05, 3.63) is 48.8 Å². The number of hydrogen-bond acceptors (Lipinski definition) is 5. The molecular weight excluding hydrogens is 296 g/mol. The molecule has 0 unspecified atom stereocenters. The number of nitrogens with zero attached hydrogens (tertiary/aromatic N) is 4. The van der Waals surface area contributed by atoms with E-state index in [0.29, 0.717) is 18.1 Å². The van der Waals surface area contributed by atoms with Crippen LogP contribution in [0, 0.1) is 11.3 Å². The first-order chi connectivity index (χ1) is 10.7. The summed E-state index contributed by atoms with van der Waals surface area (Å²) in [4.78, 5) is 22.6. The number of para-hydroxylation sites is 1. The highest BCUT2D eigenvalue weighted by Crippen LogP contribution is 2.23. The van der Waals surface area contributed by atoms with Crippen LogP contribution in [-0.2, 0) is 4.79 Å². The van der Waals surface area contributed by atoms with E-state index in [2.05, 4.69) is 16.0 Å². The Morgan fingerprint density at radius 2 is 1.95 bits per heavy atom. The number of rotatable bonds is 6. The summed E-state index contributed by atoms with van der Waals surface area (Å²) in [6, 6.07) is 13.2. The maximum Gasteiger partial charge on any atom is 0.240 e. The molecule has 0 bridgehead atoms. The minimum absolute atomic E-state index is 0.0566. The number of nitriles is 1. The maximum atomic E-state index is 12.7. The summed E-state index contributed by atoms with van der Waals surface area (Å²) in [6.45, 7) is 2.20. The summed E-state index contributed by atoms with van der Waals surface area (Å²) in [7, 11) is 0. The highest BCUT2D eigenvalue weighted by atomic mass is 32.2. The van der Waals surface area contributed by atoms with E-state index in [4.69, 9.17) is 5.26 Å². The number of carbonyl (C=O) groups is 1. The van der Waals surface area contributed by atoms with Gasteiger partial charge in [-0.1, -0.05) is 30.0 Å². The second-order valence-corrected chi connectivity index (χ2v) is 5.83. The fraction of sp³-hybridized carbons (Fsp3) is 0.250. The molecule has 0 radical (unpaired) electrons. The molecule has 0 aliphatic rings. The van der Waals surface area contributed by atoms with Gasteiger partial charge in [0.1, 0.15) is 0 Å². The minimum Gasteiger partial charge on any atom is -0.310 e. The predicted octanol–water partition coefficient (Wildman–Crippen LogP) is 2.90. The molecule has 0 fully saturated rings. The van der Waals surface area contributed by atoms with Gasteiger partial charge in [-0.3, -0.25) is 4.79 Å². The molecule has 112 valence electrons. The average Bonchev–Trinajstić information content (AvgIpc) is 2.57. The standard InChI is InChI=1S/C16H16N4OS/c1-13(22-16-18-10-6-11-19-16)15(21)20(12-5-9-17)14-7-3-2-4-8-14/h2-4,6-8,10-11,13H,5,12H2,1H3/t13-/m0/s1. The fourth-order valence-electron chi connectivity index (χ4n) is 1.91. The van der Waals surface area contributed by atoms with E-state index in [1.807, 2.05) is 37.3 Å². The van der Waals surface area contributed by atoms with Crippen LogP contribution in [0.4, 0.5) is 5.69 Å². The Labute approximate surface area is 134 Å². The minimum atomic E-state index is -0.332. The normalized spacial score (nSPS) is 11.5. The quantitative estimate of drug-likeness (QED) is 0.606. The first-order valence-electron chi connectivity index (χ1n) is 6.89. The van der Waals surface area contributed by atoms with Crippen LogP contribution in [-0.4, -0.2) is 27.7 Å². The Balaban J connectivity index is 2.13. The molecule has 22 heavy (non-hydrogen) atoms. The molecule has 0 aliphatic heterocycles. The molecule has 0 saturated carbocycles. The summed E-state index contributed by atoms with van der Waals surface area (Å²) in [5.74, 6) is -0.0566. The Bertz CT molecular complexity index is 642. The van der Waals surface area contributed by atoms with E-state index in [0.717, 1.165) is 5.69 Å². The van der Waals surface area contributed by atoms with Crippen molar-refractivity contribution in [2.24, 2.45) is 0 Å². The zero-order valence-corrected chi connectivity index (χ0v) is 13.0. The van der Waals surface area contributed by atoms with Crippen molar-refractivity contribution >= 4 is 23.4 Å². The highest BCUT2D eigenvalue weighted by Gasteiger charge is 2.23. The average molecular weight is 312 g/mol. The molecule has 0 spiro atoms. The van der Waals surface area contributed by atoms with Gasteiger partial charge in [0.15, 0.2) is 5.16 Å². The highest BCUT2D eigenvalue weighted by molar-refractivity contribution is 8.00. The first-order valence-corrected chi connectivity index (χ1v) is 7.77. The van der Waals surface area contributed by atoms with Gasteiger partial charge in [-0.2, -0.15) is 5.26 Å². The summed E-state index contributed by atoms with van der Waals surface area (Å²) in [5, 5.41) is 9.04. The summed E-state index contributed by atoms with van der Waals surface area (Å²) in [5.41, 5.74) is 0.796. The first kappa shape index (κ1) is 16.0. The van der Waals surface area contributed by atoms with E-state index in [-0.39, 0.29) is 11.2 Å². The van der Waals surface area contributed by atoms with Crippen molar-refractivity contribution < 1.29 is 4.79 Å². The Morgan fingerprint density at radius 3 is 2.59 bits per heavy atom. The Morgan fingerprint density at radius 1 is 1.27 bits per heavy atom. The van der Waals surface area contributed by atoms with Crippen LogP contribution in [0.1, 0.15) is 13.3 Å². The zero-order valence-electron chi connectivity index (χ0n) is 12.2. The number of aromatic nitrogens is 2. The number of hydrogen-bond donors (Lipinski definition) is 0. The van der Waals surface area contributed by atoms with Gasteiger partial charge in [0.2, 0.25) is 5.91 Å². The maximum absolute atomic E-state index is 12.7. The second kappa shape index (κ2) is 8.15. The third kappa shape index (κ3) is 4.30. The van der Waals surface area contributed by atoms with Gasteiger partial charge < -0.3 is 4.90 Å². The fourth-order valence-corrected chi connectivity index (χ4v) is 2.70. The third-order valence-electron chi connectivity index (χ3n) is 2.95. The van der Waals surface area contributed by atoms with Gasteiger partial charge in [-0.15, -0.1) is 0 Å². The lowest BCUT2D eigenvalue weighted by Crippen LogP contribution is -2.37. The van der Waals surface area contributed by atoms with Crippen LogP contribution in [0.25, 0.3) is 0 Å². The molecule has 0 aliphatic carbocycles. The molecule has 2 aromatic rings. The van der Waals surface area contributed by atoms with Gasteiger partial charge in [-0.25, -0.2) is 9.97 Å². The van der Waals surface area contributed by atoms with Crippen molar-refractivity contribution in [2.45, 2.75) is 23.8 Å². The van der Waals surface area contributed by atoms with Crippen molar-refractivity contribution in [1.82, 2.24) is 9.97 Å². The van der Waals surface area contributed by atoms with Gasteiger partial charge >= 0.3 is 0 Å². The molecule has 1 heterocycles. The van der Waals surface area contributed by atoms with Gasteiger partial charge in [0.25, 0.3) is 0 Å². The van der Waals surface area contributed by atoms with E-state index in [1.54, 1.807) is 23.4 Å². The molecule has 6 heteroatoms. The van der Waals surface area contributed by atoms with E-state index in [9.17, 15) is 4.79 Å². The number of amides is 1. The van der Waals surface area contributed by atoms with E-state index < -0.39 is 0 Å². The molecule has 2 rings (SSSR count). The lowest BCUT2D eigenvalue weighted by Gasteiger charge is -2.24. The second-order valence-electron chi connectivity index (χ2n) is 4.52. The van der Waals surface area contributed by atoms with Gasteiger partial charge in [-0.05, 0) is 25.1 Å². The molecule has 0 saturated heterocycles. The van der Waals surface area contributed by atoms with Crippen molar-refractivity contribution in [1.29, 1.82) is 5.26 Å². The van der Waals surface area contributed by atoms with Crippen LogP contribution < -0.4 is 4.90 Å². The molecular formula is C16H16N4OS. The molecule has 1 amide bonds. The van der Waals surface area contributed by atoms with Crippen molar-refractivity contribution in [3.8, 4) is 6.07 Å². The van der Waals surface area contributed by atoms with Crippen LogP contribution in [0.2, 0.25) is 0 Å². The summed E-state index contributed by atoms with van der Waals surface area (Å²) >= 11 is 1.31. The zero-order chi connectivity index (χ0) is 15.8. The van der Waals surface area contributed by atoms with Crippen molar-refractivity contribution in [3.63, 3.8) is 0 Å². The number of thioether (sulfide) groups is 1. The number of anilines is 1. The van der Waals surface area contributed by atoms with Crippen LogP contribution in [0.15, 0.2) is 53.9 Å². The monoisotopic (exact) mass is 312 g/mol. The van der Waals surface area contributed by atoms with Crippen LogP contribution in [0.3, 0.4) is 0 Å². The Kier molecular flexibility index (Phi) is 5.92. The third-order valence-corrected chi connectivity index (χ3v) is 3.93. The molecule has 1 atom stereocenters. The summed E-state index contributed by atoms with van der Waals surface area (Å²) < 4.78 is 0. The number of benzene rings is 1. The number of carbonyl (C=O) groups excluding carboxylic acids is 1. The van der Waals surface area contributed by atoms with Crippen LogP contribution >= 0.6 is 11.8 Å².